The van der Waals surface area contributed by atoms with Crippen LogP contribution in [-0.4, -0.2) is 43.8 Å². The molecule has 0 aliphatic carbocycles. The van der Waals surface area contributed by atoms with Crippen LogP contribution in [0, 0.1) is 5.82 Å². The van der Waals surface area contributed by atoms with Crippen molar-refractivity contribution in [2.45, 2.75) is 37.5 Å². The van der Waals surface area contributed by atoms with Crippen molar-refractivity contribution >= 4 is 0 Å². The molecule has 2 N–H and O–H groups in total. The molecule has 0 saturated heterocycles. The zero-order valence-corrected chi connectivity index (χ0v) is 16.8. The van der Waals surface area contributed by atoms with E-state index in [1.807, 2.05) is 18.2 Å². The molecule has 2 atom stereocenters. The van der Waals surface area contributed by atoms with Crippen LogP contribution in [0.15, 0.2) is 36.4 Å². The van der Waals surface area contributed by atoms with Crippen LogP contribution >= 0.6 is 0 Å². The number of rotatable bonds is 5. The van der Waals surface area contributed by atoms with E-state index >= 15 is 0 Å². The maximum Gasteiger partial charge on any atom is 0.123 e. The fourth-order valence-electron chi connectivity index (χ4n) is 3.92. The fraction of sp³-hybridized carbons (Fsp3) is 0.478. The molecule has 0 saturated carbocycles. The van der Waals surface area contributed by atoms with Crippen molar-refractivity contribution in [3.8, 4) is 17.2 Å². The predicted octanol–water partition coefficient (Wildman–Crippen LogP) is 4.02. The number of hydrogen-bond acceptors (Lipinski definition) is 5. The standard InChI is InChI=1S/C12H16O3.C11H13FO2/c1-14-10-2-3-12-11(8-10)9(4-6-13)5-7-15-12;12-9-1-2-11-10(7-9)8(3-5-13)4-6-14-11/h2-3,8-9,13H,4-7H2,1H3;1-2,7-8,13H,3-6H2. The highest BCUT2D eigenvalue weighted by molar-refractivity contribution is 5.43. The smallest absolute Gasteiger partial charge is 0.123 e. The zero-order valence-electron chi connectivity index (χ0n) is 16.8. The molecule has 2 heterocycles. The van der Waals surface area contributed by atoms with E-state index in [9.17, 15) is 4.39 Å². The van der Waals surface area contributed by atoms with Gasteiger partial charge in [0.25, 0.3) is 0 Å². The molecule has 2 aromatic rings. The lowest BCUT2D eigenvalue weighted by molar-refractivity contribution is 0.229. The highest BCUT2D eigenvalue weighted by atomic mass is 19.1. The molecule has 0 spiro atoms. The second kappa shape index (κ2) is 10.5. The summed E-state index contributed by atoms with van der Waals surface area (Å²) in [6, 6.07) is 10.4. The summed E-state index contributed by atoms with van der Waals surface area (Å²) in [6.45, 7) is 1.76. The normalized spacial score (nSPS) is 19.6. The average molecular weight is 404 g/mol. The Kier molecular flexibility index (Phi) is 7.72. The van der Waals surface area contributed by atoms with Crippen LogP contribution in [-0.2, 0) is 0 Å². The summed E-state index contributed by atoms with van der Waals surface area (Å²) in [5.41, 5.74) is 2.06. The molecule has 0 amide bonds. The molecule has 0 bridgehead atoms. The van der Waals surface area contributed by atoms with E-state index in [-0.39, 0.29) is 24.9 Å². The number of halogens is 1. The Morgan fingerprint density at radius 1 is 0.897 bits per heavy atom. The van der Waals surface area contributed by atoms with E-state index in [1.165, 1.54) is 12.1 Å². The second-order valence-electron chi connectivity index (χ2n) is 7.28. The van der Waals surface area contributed by atoms with E-state index in [4.69, 9.17) is 24.4 Å². The molecule has 0 fully saturated rings. The molecule has 2 aliphatic heterocycles. The Morgan fingerprint density at radius 2 is 1.45 bits per heavy atom. The van der Waals surface area contributed by atoms with Gasteiger partial charge in [0.05, 0.1) is 20.3 Å². The molecular formula is C23H29FO5. The van der Waals surface area contributed by atoms with Gasteiger partial charge >= 0.3 is 0 Å². The third kappa shape index (κ3) is 5.40. The van der Waals surface area contributed by atoms with E-state index < -0.39 is 0 Å². The molecule has 0 radical (unpaired) electrons. The predicted molar refractivity (Wildman–Crippen MR) is 109 cm³/mol. The summed E-state index contributed by atoms with van der Waals surface area (Å²) in [7, 11) is 1.66. The summed E-state index contributed by atoms with van der Waals surface area (Å²) in [6.07, 6.45) is 3.31. The quantitative estimate of drug-likeness (QED) is 0.788. The number of fused-ring (bicyclic) bond motifs is 2. The van der Waals surface area contributed by atoms with Crippen molar-refractivity contribution < 1.29 is 28.8 Å². The molecule has 158 valence electrons. The lowest BCUT2D eigenvalue weighted by Gasteiger charge is -2.25. The van der Waals surface area contributed by atoms with E-state index in [0.29, 0.717) is 18.9 Å². The SMILES string of the molecule is COc1ccc2c(c1)C(CCO)CCO2.OCCC1CCOc2ccc(F)cc21. The number of aliphatic hydroxyl groups excluding tert-OH is 2. The molecule has 2 unspecified atom stereocenters. The third-order valence-electron chi connectivity index (χ3n) is 5.47. The topological polar surface area (TPSA) is 68.2 Å². The van der Waals surface area contributed by atoms with Crippen LogP contribution in [0.1, 0.15) is 48.6 Å². The number of benzene rings is 2. The van der Waals surface area contributed by atoms with Crippen LogP contribution in [0.5, 0.6) is 17.2 Å². The van der Waals surface area contributed by atoms with Crippen LogP contribution in [0.3, 0.4) is 0 Å². The number of ether oxygens (including phenoxy) is 3. The van der Waals surface area contributed by atoms with Gasteiger partial charge in [0.1, 0.15) is 23.1 Å². The van der Waals surface area contributed by atoms with E-state index in [0.717, 1.165) is 54.2 Å². The van der Waals surface area contributed by atoms with Gasteiger partial charge in [-0.15, -0.1) is 0 Å². The summed E-state index contributed by atoms with van der Waals surface area (Å²) in [4.78, 5) is 0. The fourth-order valence-corrected chi connectivity index (χ4v) is 3.92. The average Bonchev–Trinajstić information content (AvgIpc) is 2.75. The third-order valence-corrected chi connectivity index (χ3v) is 5.47. The van der Waals surface area contributed by atoms with Crippen LogP contribution < -0.4 is 14.2 Å². The van der Waals surface area contributed by atoms with Crippen molar-refractivity contribution in [2.24, 2.45) is 0 Å². The van der Waals surface area contributed by atoms with Gasteiger partial charge in [0, 0.05) is 24.3 Å². The Hall–Kier alpha value is -2.31. The van der Waals surface area contributed by atoms with E-state index in [2.05, 4.69) is 0 Å². The Labute approximate surface area is 171 Å². The van der Waals surface area contributed by atoms with Crippen molar-refractivity contribution in [1.29, 1.82) is 0 Å². The van der Waals surface area contributed by atoms with Crippen LogP contribution in [0.4, 0.5) is 4.39 Å². The van der Waals surface area contributed by atoms with Gasteiger partial charge in [-0.25, -0.2) is 4.39 Å². The van der Waals surface area contributed by atoms with Gasteiger partial charge < -0.3 is 24.4 Å². The van der Waals surface area contributed by atoms with Gasteiger partial charge in [-0.3, -0.25) is 0 Å². The first-order chi connectivity index (χ1) is 14.2. The Bertz CT molecular complexity index is 795. The summed E-state index contributed by atoms with van der Waals surface area (Å²) >= 11 is 0. The molecule has 6 heteroatoms. The minimum Gasteiger partial charge on any atom is -0.497 e. The molecule has 29 heavy (non-hydrogen) atoms. The summed E-state index contributed by atoms with van der Waals surface area (Å²) < 4.78 is 29.1. The monoisotopic (exact) mass is 404 g/mol. The second-order valence-corrected chi connectivity index (χ2v) is 7.28. The summed E-state index contributed by atoms with van der Waals surface area (Å²) in [5, 5.41) is 17.9. The van der Waals surface area contributed by atoms with Gasteiger partial charge in [-0.2, -0.15) is 0 Å². The van der Waals surface area contributed by atoms with Crippen LogP contribution in [0.25, 0.3) is 0 Å². The van der Waals surface area contributed by atoms with Crippen molar-refractivity contribution in [2.75, 3.05) is 33.5 Å². The van der Waals surface area contributed by atoms with Gasteiger partial charge in [0.2, 0.25) is 0 Å². The molecule has 4 rings (SSSR count). The number of aliphatic hydroxyl groups is 2. The Morgan fingerprint density at radius 3 is 2.00 bits per heavy atom. The maximum atomic E-state index is 13.0. The lowest BCUT2D eigenvalue weighted by Crippen LogP contribution is -2.15. The molecule has 2 aromatic carbocycles. The first-order valence-electron chi connectivity index (χ1n) is 10.1. The van der Waals surface area contributed by atoms with E-state index in [1.54, 1.807) is 13.2 Å². The minimum atomic E-state index is -0.239. The molecule has 2 aliphatic rings. The first-order valence-corrected chi connectivity index (χ1v) is 10.1. The Balaban J connectivity index is 0.000000166. The van der Waals surface area contributed by atoms with Crippen molar-refractivity contribution in [1.82, 2.24) is 0 Å². The molecule has 0 aromatic heterocycles. The molecular weight excluding hydrogens is 375 g/mol. The highest BCUT2D eigenvalue weighted by Crippen LogP contribution is 2.38. The van der Waals surface area contributed by atoms with Crippen molar-refractivity contribution in [3.63, 3.8) is 0 Å². The zero-order chi connectivity index (χ0) is 20.6. The minimum absolute atomic E-state index is 0.140. The number of methoxy groups -OCH3 is 1. The highest BCUT2D eigenvalue weighted by Gasteiger charge is 2.22. The van der Waals surface area contributed by atoms with Gasteiger partial charge in [-0.1, -0.05) is 0 Å². The maximum absolute atomic E-state index is 13.0. The van der Waals surface area contributed by atoms with Crippen LogP contribution in [0.2, 0.25) is 0 Å². The van der Waals surface area contributed by atoms with Gasteiger partial charge in [-0.05, 0) is 73.9 Å². The molecule has 5 nitrogen and oxygen atoms in total. The largest absolute Gasteiger partial charge is 0.497 e. The first kappa shape index (κ1) is 21.4. The lowest BCUT2D eigenvalue weighted by atomic mass is 9.90. The number of hydrogen-bond donors (Lipinski definition) is 2. The van der Waals surface area contributed by atoms with Crippen molar-refractivity contribution in [3.05, 3.63) is 53.3 Å². The summed E-state index contributed by atoms with van der Waals surface area (Å²) in [5.74, 6) is 2.93. The van der Waals surface area contributed by atoms with Gasteiger partial charge in [0.15, 0.2) is 0 Å².